The zero-order chi connectivity index (χ0) is 18.6. The van der Waals surface area contributed by atoms with Crippen LogP contribution in [-0.2, 0) is 0 Å². The smallest absolute Gasteiger partial charge is 0.137 e. The van der Waals surface area contributed by atoms with Gasteiger partial charge in [0.15, 0.2) is 0 Å². The van der Waals surface area contributed by atoms with E-state index in [9.17, 15) is 0 Å². The van der Waals surface area contributed by atoms with E-state index in [1.54, 1.807) is 0 Å². The fraction of sp³-hybridized carbons (Fsp3) is 0.348. The highest BCUT2D eigenvalue weighted by Crippen LogP contribution is 2.31. The van der Waals surface area contributed by atoms with Gasteiger partial charge in [0.2, 0.25) is 0 Å². The van der Waals surface area contributed by atoms with Crippen molar-refractivity contribution in [3.8, 4) is 17.0 Å². The molecule has 27 heavy (non-hydrogen) atoms. The molecule has 0 bridgehead atoms. The molecule has 1 aliphatic rings. The van der Waals surface area contributed by atoms with Gasteiger partial charge in [-0.15, -0.1) is 0 Å². The SMILES string of the molecule is CCOc1ccc(-c2cc3ccccc3c(N3CCN(CC)CC3)n2)cc1. The molecule has 0 radical (unpaired) electrons. The van der Waals surface area contributed by atoms with Crippen LogP contribution in [0.15, 0.2) is 54.6 Å². The molecular weight excluding hydrogens is 334 g/mol. The summed E-state index contributed by atoms with van der Waals surface area (Å²) < 4.78 is 5.57. The van der Waals surface area contributed by atoms with E-state index in [-0.39, 0.29) is 0 Å². The van der Waals surface area contributed by atoms with E-state index in [4.69, 9.17) is 9.72 Å². The van der Waals surface area contributed by atoms with Crippen molar-refractivity contribution in [3.05, 3.63) is 54.6 Å². The van der Waals surface area contributed by atoms with Crippen molar-refractivity contribution in [1.82, 2.24) is 9.88 Å². The summed E-state index contributed by atoms with van der Waals surface area (Å²) in [6.07, 6.45) is 0. The van der Waals surface area contributed by atoms with Crippen LogP contribution in [0.25, 0.3) is 22.0 Å². The molecule has 0 aliphatic carbocycles. The molecule has 3 aromatic rings. The first kappa shape index (κ1) is 17.8. The third kappa shape index (κ3) is 3.76. The Labute approximate surface area is 161 Å². The molecule has 0 atom stereocenters. The van der Waals surface area contributed by atoms with Gasteiger partial charge in [0, 0.05) is 37.1 Å². The number of rotatable bonds is 5. The molecule has 0 N–H and O–H groups in total. The Balaban J connectivity index is 1.72. The maximum Gasteiger partial charge on any atom is 0.137 e. The highest BCUT2D eigenvalue weighted by molar-refractivity contribution is 5.95. The maximum absolute atomic E-state index is 5.57. The number of fused-ring (bicyclic) bond motifs is 1. The van der Waals surface area contributed by atoms with Crippen LogP contribution in [0.2, 0.25) is 0 Å². The van der Waals surface area contributed by atoms with Crippen LogP contribution in [0.4, 0.5) is 5.82 Å². The molecular formula is C23H27N3O. The first-order chi connectivity index (χ1) is 13.3. The third-order valence-electron chi connectivity index (χ3n) is 5.30. The molecule has 4 nitrogen and oxygen atoms in total. The van der Waals surface area contributed by atoms with Gasteiger partial charge in [-0.2, -0.15) is 0 Å². The lowest BCUT2D eigenvalue weighted by molar-refractivity contribution is 0.271. The van der Waals surface area contributed by atoms with E-state index < -0.39 is 0 Å². The lowest BCUT2D eigenvalue weighted by Gasteiger charge is -2.35. The molecule has 1 aliphatic heterocycles. The minimum Gasteiger partial charge on any atom is -0.494 e. The number of benzene rings is 2. The molecule has 4 heteroatoms. The summed E-state index contributed by atoms with van der Waals surface area (Å²) in [5.74, 6) is 2.01. The molecule has 1 saturated heterocycles. The quantitative estimate of drug-likeness (QED) is 0.672. The second-order valence-electron chi connectivity index (χ2n) is 6.93. The summed E-state index contributed by atoms with van der Waals surface area (Å²) in [5, 5.41) is 2.47. The van der Waals surface area contributed by atoms with Crippen LogP contribution in [0, 0.1) is 0 Å². The minimum atomic E-state index is 0.682. The Morgan fingerprint density at radius 1 is 0.926 bits per heavy atom. The number of hydrogen-bond acceptors (Lipinski definition) is 4. The van der Waals surface area contributed by atoms with Gasteiger partial charge in [0.05, 0.1) is 12.3 Å². The number of aromatic nitrogens is 1. The maximum atomic E-state index is 5.57. The highest BCUT2D eigenvalue weighted by Gasteiger charge is 2.19. The molecule has 0 spiro atoms. The number of pyridine rings is 1. The van der Waals surface area contributed by atoms with Gasteiger partial charge in [0.1, 0.15) is 11.6 Å². The van der Waals surface area contributed by atoms with E-state index in [2.05, 4.69) is 59.2 Å². The lowest BCUT2D eigenvalue weighted by atomic mass is 10.1. The summed E-state index contributed by atoms with van der Waals surface area (Å²) in [6, 6.07) is 19.0. The van der Waals surface area contributed by atoms with E-state index in [0.717, 1.165) is 55.5 Å². The van der Waals surface area contributed by atoms with E-state index in [0.29, 0.717) is 6.61 Å². The van der Waals surface area contributed by atoms with Gasteiger partial charge in [-0.25, -0.2) is 4.98 Å². The average molecular weight is 361 g/mol. The fourth-order valence-electron chi connectivity index (χ4n) is 3.73. The van der Waals surface area contributed by atoms with Crippen molar-refractivity contribution >= 4 is 16.6 Å². The van der Waals surface area contributed by atoms with Crippen LogP contribution in [0.5, 0.6) is 5.75 Å². The molecule has 140 valence electrons. The predicted molar refractivity (Wildman–Crippen MR) is 113 cm³/mol. The van der Waals surface area contributed by atoms with E-state index in [1.807, 2.05) is 19.1 Å². The zero-order valence-corrected chi connectivity index (χ0v) is 16.2. The van der Waals surface area contributed by atoms with Gasteiger partial charge < -0.3 is 14.5 Å². The van der Waals surface area contributed by atoms with Crippen molar-refractivity contribution in [3.63, 3.8) is 0 Å². The summed E-state index contributed by atoms with van der Waals surface area (Å²) in [5.41, 5.74) is 2.14. The fourth-order valence-corrected chi connectivity index (χ4v) is 3.73. The monoisotopic (exact) mass is 361 g/mol. The van der Waals surface area contributed by atoms with Crippen molar-refractivity contribution < 1.29 is 4.74 Å². The van der Waals surface area contributed by atoms with Crippen LogP contribution in [-0.4, -0.2) is 49.2 Å². The Morgan fingerprint density at radius 3 is 2.37 bits per heavy atom. The van der Waals surface area contributed by atoms with Crippen LogP contribution in [0.1, 0.15) is 13.8 Å². The summed E-state index contributed by atoms with van der Waals surface area (Å²) in [7, 11) is 0. The summed E-state index contributed by atoms with van der Waals surface area (Å²) >= 11 is 0. The van der Waals surface area contributed by atoms with Crippen LogP contribution < -0.4 is 9.64 Å². The van der Waals surface area contributed by atoms with Crippen molar-refractivity contribution in [2.75, 3.05) is 44.2 Å². The normalized spacial score (nSPS) is 15.3. The molecule has 0 saturated carbocycles. The molecule has 4 rings (SSSR count). The van der Waals surface area contributed by atoms with Crippen LogP contribution >= 0.6 is 0 Å². The largest absolute Gasteiger partial charge is 0.494 e. The second-order valence-corrected chi connectivity index (χ2v) is 6.93. The van der Waals surface area contributed by atoms with Crippen LogP contribution in [0.3, 0.4) is 0 Å². The average Bonchev–Trinajstić information content (AvgIpc) is 2.74. The first-order valence-electron chi connectivity index (χ1n) is 9.89. The Hall–Kier alpha value is -2.59. The Bertz CT molecular complexity index is 899. The van der Waals surface area contributed by atoms with Gasteiger partial charge in [0.25, 0.3) is 0 Å². The number of nitrogens with zero attached hydrogens (tertiary/aromatic N) is 3. The molecule has 1 aromatic heterocycles. The number of likely N-dealkylation sites (N-methyl/N-ethyl adjacent to an activating group) is 1. The molecule has 2 aromatic carbocycles. The Kier molecular flexibility index (Phi) is 5.26. The van der Waals surface area contributed by atoms with Gasteiger partial charge in [-0.3, -0.25) is 0 Å². The predicted octanol–water partition coefficient (Wildman–Crippen LogP) is 4.44. The zero-order valence-electron chi connectivity index (χ0n) is 16.2. The van der Waals surface area contributed by atoms with Gasteiger partial charge in [-0.1, -0.05) is 31.2 Å². The van der Waals surface area contributed by atoms with Gasteiger partial charge in [-0.05, 0) is 49.2 Å². The number of piperazine rings is 1. The topological polar surface area (TPSA) is 28.6 Å². The Morgan fingerprint density at radius 2 is 1.67 bits per heavy atom. The summed E-state index contributed by atoms with van der Waals surface area (Å²) in [6.45, 7) is 10.3. The minimum absolute atomic E-state index is 0.682. The second kappa shape index (κ2) is 7.97. The van der Waals surface area contributed by atoms with Crippen molar-refractivity contribution in [2.24, 2.45) is 0 Å². The molecule has 2 heterocycles. The first-order valence-corrected chi connectivity index (χ1v) is 9.89. The van der Waals surface area contributed by atoms with Crippen molar-refractivity contribution in [1.29, 1.82) is 0 Å². The molecule has 0 unspecified atom stereocenters. The van der Waals surface area contributed by atoms with E-state index >= 15 is 0 Å². The standard InChI is InChI=1S/C23H27N3O/c1-3-25-13-15-26(16-14-25)23-21-8-6-5-7-19(21)17-22(24-23)18-9-11-20(12-10-18)27-4-2/h5-12,17H,3-4,13-16H2,1-2H3. The van der Waals surface area contributed by atoms with Gasteiger partial charge >= 0.3 is 0 Å². The number of hydrogen-bond donors (Lipinski definition) is 0. The molecule has 1 fully saturated rings. The lowest BCUT2D eigenvalue weighted by Crippen LogP contribution is -2.46. The van der Waals surface area contributed by atoms with E-state index in [1.165, 1.54) is 10.8 Å². The number of anilines is 1. The third-order valence-corrected chi connectivity index (χ3v) is 5.30. The van der Waals surface area contributed by atoms with Crippen molar-refractivity contribution in [2.45, 2.75) is 13.8 Å². The highest BCUT2D eigenvalue weighted by atomic mass is 16.5. The molecule has 0 amide bonds. The summed E-state index contributed by atoms with van der Waals surface area (Å²) in [4.78, 5) is 10.0. The number of ether oxygens (including phenoxy) is 1.